The van der Waals surface area contributed by atoms with Gasteiger partial charge < -0.3 is 9.47 Å². The van der Waals surface area contributed by atoms with Crippen molar-refractivity contribution in [2.24, 2.45) is 0 Å². The number of nitrogens with zero attached hydrogens (tertiary/aromatic N) is 1. The van der Waals surface area contributed by atoms with Crippen LogP contribution < -0.4 is 14.2 Å². The van der Waals surface area contributed by atoms with Crippen molar-refractivity contribution in [2.45, 2.75) is 11.3 Å². The van der Waals surface area contributed by atoms with Crippen LogP contribution in [0.5, 0.6) is 11.5 Å². The van der Waals surface area contributed by atoms with Gasteiger partial charge in [-0.05, 0) is 48.0 Å². The number of aromatic nitrogens is 1. The van der Waals surface area contributed by atoms with E-state index in [1.54, 1.807) is 30.5 Å². The molecule has 3 rings (SSSR count). The van der Waals surface area contributed by atoms with Crippen molar-refractivity contribution in [2.75, 3.05) is 18.9 Å². The van der Waals surface area contributed by atoms with Gasteiger partial charge in [-0.2, -0.15) is 0 Å². The molecule has 1 N–H and O–H groups in total. The molecule has 3 aromatic rings. The highest BCUT2D eigenvalue weighted by Crippen LogP contribution is 2.31. The molecule has 0 saturated heterocycles. The summed E-state index contributed by atoms with van der Waals surface area (Å²) < 4.78 is 38.8. The molecule has 0 saturated carbocycles. The van der Waals surface area contributed by atoms with Crippen LogP contribution in [-0.2, 0) is 16.4 Å². The second-order valence-corrected chi connectivity index (χ2v) is 8.04. The molecule has 8 heteroatoms. The number of halogens is 1. The van der Waals surface area contributed by atoms with E-state index in [1.807, 2.05) is 18.2 Å². The van der Waals surface area contributed by atoms with Gasteiger partial charge in [0.05, 0.1) is 24.8 Å². The van der Waals surface area contributed by atoms with E-state index >= 15 is 0 Å². The van der Waals surface area contributed by atoms with Gasteiger partial charge in [-0.1, -0.05) is 17.7 Å². The van der Waals surface area contributed by atoms with Gasteiger partial charge in [-0.15, -0.1) is 0 Å². The van der Waals surface area contributed by atoms with Gasteiger partial charge in [-0.25, -0.2) is 8.42 Å². The molecule has 0 fully saturated rings. The Kier molecular flexibility index (Phi) is 6.06. The van der Waals surface area contributed by atoms with Crippen molar-refractivity contribution in [3.63, 3.8) is 0 Å². The van der Waals surface area contributed by atoms with Crippen molar-refractivity contribution >= 4 is 27.3 Å². The van der Waals surface area contributed by atoms with E-state index in [2.05, 4.69) is 9.71 Å². The minimum atomic E-state index is -3.85. The monoisotopic (exact) mass is 418 g/mol. The van der Waals surface area contributed by atoms with Crippen LogP contribution in [0.15, 0.2) is 65.7 Å². The largest absolute Gasteiger partial charge is 0.493 e. The van der Waals surface area contributed by atoms with Crippen molar-refractivity contribution in [1.82, 2.24) is 4.98 Å². The van der Waals surface area contributed by atoms with E-state index < -0.39 is 10.0 Å². The van der Waals surface area contributed by atoms with Gasteiger partial charge in [0, 0.05) is 29.4 Å². The van der Waals surface area contributed by atoms with Crippen molar-refractivity contribution in [3.05, 3.63) is 77.1 Å². The Bertz CT molecular complexity index is 1070. The molecule has 28 heavy (non-hydrogen) atoms. The number of rotatable bonds is 7. The third-order valence-corrected chi connectivity index (χ3v) is 5.67. The highest BCUT2D eigenvalue weighted by Gasteiger charge is 2.19. The average molecular weight is 419 g/mol. The van der Waals surface area contributed by atoms with E-state index in [0.29, 0.717) is 28.6 Å². The van der Waals surface area contributed by atoms with E-state index in [0.717, 1.165) is 11.3 Å². The summed E-state index contributed by atoms with van der Waals surface area (Å²) in [6.45, 7) is 0. The van der Waals surface area contributed by atoms with Crippen molar-refractivity contribution in [3.8, 4) is 11.5 Å². The Morgan fingerprint density at radius 3 is 2.46 bits per heavy atom. The van der Waals surface area contributed by atoms with Crippen LogP contribution in [0.25, 0.3) is 0 Å². The predicted molar refractivity (Wildman–Crippen MR) is 109 cm³/mol. The molecule has 0 aliphatic heterocycles. The van der Waals surface area contributed by atoms with E-state index in [9.17, 15) is 8.42 Å². The minimum absolute atomic E-state index is 0.0592. The number of methoxy groups -OCH3 is 2. The Hall–Kier alpha value is -2.77. The SMILES string of the molecule is COc1ccc(S(=O)(=O)Nc2ccc(Cl)cc2Cc2ccccn2)cc1OC. The molecular weight excluding hydrogens is 400 g/mol. The zero-order chi connectivity index (χ0) is 20.1. The summed E-state index contributed by atoms with van der Waals surface area (Å²) in [6.07, 6.45) is 2.12. The van der Waals surface area contributed by atoms with Crippen LogP contribution in [0.4, 0.5) is 5.69 Å². The molecule has 0 amide bonds. The quantitative estimate of drug-likeness (QED) is 0.623. The number of benzene rings is 2. The molecule has 0 atom stereocenters. The molecule has 0 aliphatic rings. The Morgan fingerprint density at radius 1 is 1.00 bits per heavy atom. The van der Waals surface area contributed by atoms with Gasteiger partial charge in [0.25, 0.3) is 10.0 Å². The molecule has 146 valence electrons. The topological polar surface area (TPSA) is 77.5 Å². The lowest BCUT2D eigenvalue weighted by molar-refractivity contribution is 0.354. The first-order chi connectivity index (χ1) is 13.4. The molecule has 0 spiro atoms. The van der Waals surface area contributed by atoms with E-state index in [1.165, 1.54) is 26.4 Å². The summed E-state index contributed by atoms with van der Waals surface area (Å²) in [5, 5.41) is 0.514. The molecule has 1 aromatic heterocycles. The number of sulfonamides is 1. The molecular formula is C20H19ClN2O4S. The normalized spacial score (nSPS) is 11.1. The molecule has 0 bridgehead atoms. The maximum absolute atomic E-state index is 12.9. The van der Waals surface area contributed by atoms with Crippen molar-refractivity contribution in [1.29, 1.82) is 0 Å². The van der Waals surface area contributed by atoms with Crippen LogP contribution in [0.2, 0.25) is 5.02 Å². The molecule has 0 aliphatic carbocycles. The highest BCUT2D eigenvalue weighted by atomic mass is 35.5. The van der Waals surface area contributed by atoms with Gasteiger partial charge in [0.15, 0.2) is 11.5 Å². The number of hydrogen-bond donors (Lipinski definition) is 1. The van der Waals surface area contributed by atoms with Gasteiger partial charge >= 0.3 is 0 Å². The molecule has 1 heterocycles. The molecule has 2 aromatic carbocycles. The van der Waals surface area contributed by atoms with Gasteiger partial charge in [0.1, 0.15) is 0 Å². The Balaban J connectivity index is 1.94. The summed E-state index contributed by atoms with van der Waals surface area (Å²) >= 11 is 6.12. The fraction of sp³-hybridized carbons (Fsp3) is 0.150. The number of hydrogen-bond acceptors (Lipinski definition) is 5. The Labute approximate surface area is 169 Å². The first kappa shape index (κ1) is 20.0. The van der Waals surface area contributed by atoms with Crippen LogP contribution in [0.3, 0.4) is 0 Å². The second-order valence-electron chi connectivity index (χ2n) is 5.92. The number of nitrogens with one attached hydrogen (secondary N) is 1. The van der Waals surface area contributed by atoms with Crippen LogP contribution in [0.1, 0.15) is 11.3 Å². The summed E-state index contributed by atoms with van der Waals surface area (Å²) in [6, 6.07) is 15.0. The fourth-order valence-corrected chi connectivity index (χ4v) is 4.00. The summed E-state index contributed by atoms with van der Waals surface area (Å²) in [5.74, 6) is 0.777. The Morgan fingerprint density at radius 2 is 1.79 bits per heavy atom. The average Bonchev–Trinajstić information content (AvgIpc) is 2.70. The lowest BCUT2D eigenvalue weighted by atomic mass is 10.1. The third kappa shape index (κ3) is 4.55. The van der Waals surface area contributed by atoms with Gasteiger partial charge in [0.2, 0.25) is 0 Å². The predicted octanol–water partition coefficient (Wildman–Crippen LogP) is 4.14. The first-order valence-electron chi connectivity index (χ1n) is 8.36. The van der Waals surface area contributed by atoms with E-state index in [4.69, 9.17) is 21.1 Å². The molecule has 0 radical (unpaired) electrons. The lowest BCUT2D eigenvalue weighted by Crippen LogP contribution is -2.14. The zero-order valence-electron chi connectivity index (χ0n) is 15.3. The van der Waals surface area contributed by atoms with Crippen LogP contribution in [0, 0.1) is 0 Å². The van der Waals surface area contributed by atoms with Crippen LogP contribution in [-0.4, -0.2) is 27.6 Å². The third-order valence-electron chi connectivity index (χ3n) is 4.07. The number of pyridine rings is 1. The number of ether oxygens (including phenoxy) is 2. The lowest BCUT2D eigenvalue weighted by Gasteiger charge is -2.14. The summed E-state index contributed by atoms with van der Waals surface area (Å²) in [4.78, 5) is 4.35. The van der Waals surface area contributed by atoms with E-state index in [-0.39, 0.29) is 4.90 Å². The molecule has 0 unspecified atom stereocenters. The van der Waals surface area contributed by atoms with Gasteiger partial charge in [-0.3, -0.25) is 9.71 Å². The zero-order valence-corrected chi connectivity index (χ0v) is 16.9. The van der Waals surface area contributed by atoms with Crippen molar-refractivity contribution < 1.29 is 17.9 Å². The van der Waals surface area contributed by atoms with Crippen LogP contribution >= 0.6 is 11.6 Å². The highest BCUT2D eigenvalue weighted by molar-refractivity contribution is 7.92. The standard InChI is InChI=1S/C20H19ClN2O4S/c1-26-19-9-7-17(13-20(19)27-2)28(24,25)23-18-8-6-15(21)11-14(18)12-16-5-3-4-10-22-16/h3-11,13,23H,12H2,1-2H3. The number of anilines is 1. The second kappa shape index (κ2) is 8.50. The fourth-order valence-electron chi connectivity index (χ4n) is 2.69. The smallest absolute Gasteiger partial charge is 0.262 e. The maximum atomic E-state index is 12.9. The maximum Gasteiger partial charge on any atom is 0.262 e. The molecule has 6 nitrogen and oxygen atoms in total. The summed E-state index contributed by atoms with van der Waals surface area (Å²) in [7, 11) is -0.909. The first-order valence-corrected chi connectivity index (χ1v) is 10.2. The summed E-state index contributed by atoms with van der Waals surface area (Å²) in [5.41, 5.74) is 1.96. The minimum Gasteiger partial charge on any atom is -0.493 e.